The summed E-state index contributed by atoms with van der Waals surface area (Å²) in [6, 6.07) is 19.7. The first-order valence-electron chi connectivity index (χ1n) is 9.09. The summed E-state index contributed by atoms with van der Waals surface area (Å²) in [7, 11) is 0. The Morgan fingerprint density at radius 1 is 1.15 bits per heavy atom. The number of aromatic nitrogens is 1. The van der Waals surface area contributed by atoms with Gasteiger partial charge in [-0.2, -0.15) is 0 Å². The van der Waals surface area contributed by atoms with E-state index in [0.717, 1.165) is 34.6 Å². The predicted molar refractivity (Wildman–Crippen MR) is 106 cm³/mol. The average molecular weight is 359 g/mol. The molecule has 2 N–H and O–H groups in total. The van der Waals surface area contributed by atoms with E-state index in [0.29, 0.717) is 17.7 Å². The molecule has 4 heteroatoms. The first kappa shape index (κ1) is 17.3. The number of carbonyl (C=O) groups excluding carboxylic acids is 1. The van der Waals surface area contributed by atoms with Gasteiger partial charge in [0.25, 0.3) is 0 Å². The largest absolute Gasteiger partial charge is 0.366 e. The summed E-state index contributed by atoms with van der Waals surface area (Å²) in [6.45, 7) is 2.50. The maximum atomic E-state index is 14.3. The van der Waals surface area contributed by atoms with E-state index < -0.39 is 5.91 Å². The second-order valence-electron chi connectivity index (χ2n) is 6.76. The minimum atomic E-state index is -0.475. The van der Waals surface area contributed by atoms with Crippen molar-refractivity contribution in [2.45, 2.75) is 26.3 Å². The van der Waals surface area contributed by atoms with E-state index in [-0.39, 0.29) is 5.82 Å². The molecule has 0 saturated heterocycles. The first-order valence-corrected chi connectivity index (χ1v) is 9.09. The summed E-state index contributed by atoms with van der Waals surface area (Å²) in [6.07, 6.45) is 1.97. The fourth-order valence-electron chi connectivity index (χ4n) is 3.70. The number of benzene rings is 3. The van der Waals surface area contributed by atoms with Crippen LogP contribution in [0.15, 0.2) is 54.6 Å². The lowest BCUT2D eigenvalue weighted by atomic mass is 10.0. The van der Waals surface area contributed by atoms with E-state index in [1.165, 1.54) is 11.6 Å². The third-order valence-corrected chi connectivity index (χ3v) is 4.94. The summed E-state index contributed by atoms with van der Waals surface area (Å²) in [5, 5.41) is 1.62. The van der Waals surface area contributed by atoms with Crippen molar-refractivity contribution in [1.82, 2.24) is 4.57 Å². The molecule has 0 aliphatic carbocycles. The molecule has 0 aliphatic heterocycles. The molecule has 1 amide bonds. The Morgan fingerprint density at radius 3 is 2.70 bits per heavy atom. The van der Waals surface area contributed by atoms with Crippen LogP contribution in [0, 0.1) is 11.9 Å². The first-order chi connectivity index (χ1) is 13.1. The molecule has 0 aliphatic rings. The Bertz CT molecular complexity index is 1160. The number of rotatable bonds is 5. The van der Waals surface area contributed by atoms with Crippen molar-refractivity contribution in [1.29, 1.82) is 0 Å². The molecule has 1 heterocycles. The van der Waals surface area contributed by atoms with Crippen molar-refractivity contribution >= 4 is 27.7 Å². The van der Waals surface area contributed by atoms with Crippen LogP contribution in [0.5, 0.6) is 0 Å². The second kappa shape index (κ2) is 6.88. The van der Waals surface area contributed by atoms with Crippen molar-refractivity contribution in [2.75, 3.05) is 0 Å². The zero-order valence-electron chi connectivity index (χ0n) is 15.1. The van der Waals surface area contributed by atoms with Crippen LogP contribution in [0.3, 0.4) is 0 Å². The molecule has 0 atom stereocenters. The van der Waals surface area contributed by atoms with Crippen molar-refractivity contribution in [3.05, 3.63) is 83.2 Å². The molecule has 0 unspecified atom stereocenters. The maximum Gasteiger partial charge on any atom is 0.249 e. The highest BCUT2D eigenvalue weighted by atomic mass is 19.1. The molecule has 1 aromatic heterocycles. The van der Waals surface area contributed by atoms with Crippen molar-refractivity contribution < 1.29 is 9.18 Å². The van der Waals surface area contributed by atoms with E-state index >= 15 is 0 Å². The highest BCUT2D eigenvalue weighted by Gasteiger charge is 2.17. The smallest absolute Gasteiger partial charge is 0.249 e. The number of aryl methyl sites for hydroxylation is 1. The van der Waals surface area contributed by atoms with Gasteiger partial charge in [-0.3, -0.25) is 4.79 Å². The molecule has 0 saturated carbocycles. The second-order valence-corrected chi connectivity index (χ2v) is 6.76. The number of fused-ring (bicyclic) bond motifs is 3. The van der Waals surface area contributed by atoms with Gasteiger partial charge in [0.2, 0.25) is 5.91 Å². The molecule has 27 heavy (non-hydrogen) atoms. The minimum Gasteiger partial charge on any atom is -0.366 e. The lowest BCUT2D eigenvalue weighted by Gasteiger charge is -2.09. The van der Waals surface area contributed by atoms with E-state index in [2.05, 4.69) is 19.1 Å². The van der Waals surface area contributed by atoms with E-state index in [1.54, 1.807) is 18.2 Å². The van der Waals surface area contributed by atoms with Gasteiger partial charge in [-0.1, -0.05) is 43.7 Å². The van der Waals surface area contributed by atoms with Gasteiger partial charge in [0.05, 0.1) is 17.6 Å². The molecule has 1 radical (unpaired) electrons. The van der Waals surface area contributed by atoms with Crippen LogP contribution >= 0.6 is 0 Å². The van der Waals surface area contributed by atoms with Gasteiger partial charge in [0, 0.05) is 21.9 Å². The number of carbonyl (C=O) groups is 1. The van der Waals surface area contributed by atoms with E-state index in [1.807, 2.05) is 28.8 Å². The number of nitrogens with zero attached hydrogens (tertiary/aromatic N) is 1. The molecular formula is C23H20FN2O. The van der Waals surface area contributed by atoms with E-state index in [4.69, 9.17) is 5.73 Å². The lowest BCUT2D eigenvalue weighted by molar-refractivity contribution is 0.100. The Hall–Kier alpha value is -3.14. The third-order valence-electron chi connectivity index (χ3n) is 4.94. The van der Waals surface area contributed by atoms with Crippen molar-refractivity contribution in [2.24, 2.45) is 5.73 Å². The Balaban J connectivity index is 2.04. The summed E-state index contributed by atoms with van der Waals surface area (Å²) in [4.78, 5) is 12.0. The quantitative estimate of drug-likeness (QED) is 0.545. The van der Waals surface area contributed by atoms with Gasteiger partial charge in [0.15, 0.2) is 0 Å². The van der Waals surface area contributed by atoms with Gasteiger partial charge in [0.1, 0.15) is 5.82 Å². The SMILES string of the molecule is CCCc1c[c]c2c3c(C(N)=O)cccc3n(Cc3ccccc3F)c2c1. The fourth-order valence-corrected chi connectivity index (χ4v) is 3.70. The third kappa shape index (κ3) is 2.97. The van der Waals surface area contributed by atoms with Crippen molar-refractivity contribution in [3.8, 4) is 0 Å². The van der Waals surface area contributed by atoms with Crippen LogP contribution in [-0.4, -0.2) is 10.5 Å². The molecule has 4 aromatic rings. The summed E-state index contributed by atoms with van der Waals surface area (Å²) in [5.74, 6) is -0.719. The molecular weight excluding hydrogens is 339 g/mol. The van der Waals surface area contributed by atoms with Crippen molar-refractivity contribution in [3.63, 3.8) is 0 Å². The van der Waals surface area contributed by atoms with Crippen LogP contribution in [0.4, 0.5) is 4.39 Å². The molecule has 0 bridgehead atoms. The zero-order valence-corrected chi connectivity index (χ0v) is 15.1. The zero-order chi connectivity index (χ0) is 19.0. The van der Waals surface area contributed by atoms with Gasteiger partial charge >= 0.3 is 0 Å². The Morgan fingerprint density at radius 2 is 1.96 bits per heavy atom. The van der Waals surface area contributed by atoms with Crippen LogP contribution in [-0.2, 0) is 13.0 Å². The summed E-state index contributed by atoms with van der Waals surface area (Å²) < 4.78 is 16.3. The molecule has 135 valence electrons. The normalized spacial score (nSPS) is 11.3. The maximum absolute atomic E-state index is 14.3. The average Bonchev–Trinajstić information content (AvgIpc) is 2.97. The van der Waals surface area contributed by atoms with Gasteiger partial charge in [-0.15, -0.1) is 0 Å². The molecule has 3 nitrogen and oxygen atoms in total. The molecule has 3 aromatic carbocycles. The number of hydrogen-bond donors (Lipinski definition) is 1. The number of primary amides is 1. The molecule has 4 rings (SSSR count). The number of hydrogen-bond acceptors (Lipinski definition) is 1. The van der Waals surface area contributed by atoms with E-state index in [9.17, 15) is 9.18 Å². The summed E-state index contributed by atoms with van der Waals surface area (Å²) in [5.41, 5.74) is 9.64. The van der Waals surface area contributed by atoms with Gasteiger partial charge < -0.3 is 10.3 Å². The standard InChI is InChI=1S/C23H20FN2O/c1-2-6-15-11-12-17-21(13-15)26(14-16-7-3-4-9-19(16)24)20-10-5-8-18(22(17)20)23(25)27/h3-5,7-11,13H,2,6,14H2,1H3,(H2,25,27). The highest BCUT2D eigenvalue weighted by molar-refractivity contribution is 6.17. The van der Waals surface area contributed by atoms with Gasteiger partial charge in [-0.05, 0) is 42.3 Å². The number of nitrogens with two attached hydrogens (primary N) is 1. The fraction of sp³-hybridized carbons (Fsp3) is 0.174. The topological polar surface area (TPSA) is 48.0 Å². The van der Waals surface area contributed by atoms with Crippen LogP contribution in [0.25, 0.3) is 21.8 Å². The Labute approximate surface area is 157 Å². The number of halogens is 1. The highest BCUT2D eigenvalue weighted by Crippen LogP contribution is 2.33. The van der Waals surface area contributed by atoms with Crippen LogP contribution in [0.2, 0.25) is 0 Å². The summed E-state index contributed by atoms with van der Waals surface area (Å²) >= 11 is 0. The van der Waals surface area contributed by atoms with Gasteiger partial charge in [-0.25, -0.2) is 4.39 Å². The lowest BCUT2D eigenvalue weighted by Crippen LogP contribution is -2.11. The number of amides is 1. The van der Waals surface area contributed by atoms with Crippen LogP contribution < -0.4 is 5.73 Å². The molecule has 0 spiro atoms. The monoisotopic (exact) mass is 359 g/mol. The van der Waals surface area contributed by atoms with Crippen LogP contribution in [0.1, 0.15) is 34.8 Å². The predicted octanol–water partition coefficient (Wildman–Crippen LogP) is 4.83. The minimum absolute atomic E-state index is 0.243. The Kier molecular flexibility index (Phi) is 4.40. The molecule has 0 fully saturated rings.